The molecule has 27 heavy (non-hydrogen) atoms. The van der Waals surface area contributed by atoms with Crippen molar-refractivity contribution in [1.29, 1.82) is 0 Å². The van der Waals surface area contributed by atoms with Crippen LogP contribution >= 0.6 is 0 Å². The van der Waals surface area contributed by atoms with E-state index in [0.717, 1.165) is 30.2 Å². The van der Waals surface area contributed by atoms with E-state index >= 15 is 0 Å². The molecule has 3 rings (SSSR count). The van der Waals surface area contributed by atoms with Crippen molar-refractivity contribution in [3.63, 3.8) is 0 Å². The second kappa shape index (κ2) is 8.52. The first-order chi connectivity index (χ1) is 12.9. The van der Waals surface area contributed by atoms with Crippen LogP contribution in [-0.4, -0.2) is 48.4 Å². The molecule has 0 radical (unpaired) electrons. The maximum atomic E-state index is 6.17. The number of hydrogen-bond donors (Lipinski definition) is 1. The van der Waals surface area contributed by atoms with Gasteiger partial charge in [-0.15, -0.1) is 0 Å². The van der Waals surface area contributed by atoms with Gasteiger partial charge < -0.3 is 19.7 Å². The van der Waals surface area contributed by atoms with E-state index in [0.29, 0.717) is 25.0 Å². The molecule has 0 bridgehead atoms. The van der Waals surface area contributed by atoms with Gasteiger partial charge in [0.2, 0.25) is 11.9 Å². The van der Waals surface area contributed by atoms with Gasteiger partial charge in [-0.1, -0.05) is 26.0 Å². The molecule has 7 nitrogen and oxygen atoms in total. The van der Waals surface area contributed by atoms with Gasteiger partial charge >= 0.3 is 0 Å². The highest BCUT2D eigenvalue weighted by Gasteiger charge is 2.19. The summed E-state index contributed by atoms with van der Waals surface area (Å²) in [5.74, 6) is 3.13. The van der Waals surface area contributed by atoms with Crippen molar-refractivity contribution in [2.45, 2.75) is 45.8 Å². The molecule has 1 aliphatic heterocycles. The topological polar surface area (TPSA) is 72.4 Å². The Morgan fingerprint density at radius 2 is 2.07 bits per heavy atom. The fourth-order valence-corrected chi connectivity index (χ4v) is 2.80. The van der Waals surface area contributed by atoms with Gasteiger partial charge in [-0.25, -0.2) is 0 Å². The van der Waals surface area contributed by atoms with E-state index in [1.54, 1.807) is 0 Å². The van der Waals surface area contributed by atoms with Gasteiger partial charge in [-0.3, -0.25) is 0 Å². The Morgan fingerprint density at radius 3 is 2.74 bits per heavy atom. The summed E-state index contributed by atoms with van der Waals surface area (Å²) < 4.78 is 11.6. The molecule has 7 heteroatoms. The first-order valence-corrected chi connectivity index (χ1v) is 9.43. The third kappa shape index (κ3) is 5.07. The zero-order chi connectivity index (χ0) is 19.4. The maximum Gasteiger partial charge on any atom is 0.229 e. The number of hydrogen-bond acceptors (Lipinski definition) is 7. The highest BCUT2D eigenvalue weighted by Crippen LogP contribution is 2.25. The van der Waals surface area contributed by atoms with E-state index in [1.807, 2.05) is 19.0 Å². The molecule has 1 aliphatic rings. The highest BCUT2D eigenvalue weighted by molar-refractivity contribution is 5.41. The molecule has 146 valence electrons. The Kier molecular flexibility index (Phi) is 6.11. The molecule has 1 aromatic carbocycles. The Morgan fingerprint density at radius 1 is 1.26 bits per heavy atom. The van der Waals surface area contributed by atoms with Gasteiger partial charge in [0.1, 0.15) is 17.7 Å². The van der Waals surface area contributed by atoms with Gasteiger partial charge in [0, 0.05) is 38.5 Å². The van der Waals surface area contributed by atoms with Crippen molar-refractivity contribution < 1.29 is 9.47 Å². The Bertz CT molecular complexity index is 747. The molecule has 2 aromatic rings. The van der Waals surface area contributed by atoms with E-state index in [2.05, 4.69) is 59.2 Å². The number of nitrogens with zero attached hydrogens (tertiary/aromatic N) is 4. The quantitative estimate of drug-likeness (QED) is 0.801. The molecule has 1 fully saturated rings. The first-order valence-electron chi connectivity index (χ1n) is 9.43. The van der Waals surface area contributed by atoms with Crippen LogP contribution in [0.2, 0.25) is 0 Å². The fourth-order valence-electron chi connectivity index (χ4n) is 2.80. The van der Waals surface area contributed by atoms with Crippen LogP contribution in [0.15, 0.2) is 18.2 Å². The number of nitrogens with one attached hydrogen (secondary N) is 1. The van der Waals surface area contributed by atoms with Crippen molar-refractivity contribution in [3.05, 3.63) is 35.2 Å². The van der Waals surface area contributed by atoms with Crippen molar-refractivity contribution in [2.75, 3.05) is 37.5 Å². The van der Waals surface area contributed by atoms with Crippen LogP contribution in [0.3, 0.4) is 0 Å². The minimum absolute atomic E-state index is 0.121. The molecule has 1 saturated heterocycles. The van der Waals surface area contributed by atoms with Crippen LogP contribution in [0.1, 0.15) is 43.1 Å². The SMILES string of the molecule is Cc1ccc(CNc2nc(C(C)C)nc(N(C)C)n2)c(OC2CCOC2)c1. The molecule has 0 saturated carbocycles. The van der Waals surface area contributed by atoms with Gasteiger partial charge in [-0.05, 0) is 18.6 Å². The second-order valence-electron chi connectivity index (χ2n) is 7.43. The average molecular weight is 371 g/mol. The Labute approximate surface area is 161 Å². The van der Waals surface area contributed by atoms with Crippen LogP contribution in [-0.2, 0) is 11.3 Å². The van der Waals surface area contributed by atoms with Crippen molar-refractivity contribution in [3.8, 4) is 5.75 Å². The molecular formula is C20H29N5O2. The van der Waals surface area contributed by atoms with E-state index < -0.39 is 0 Å². The summed E-state index contributed by atoms with van der Waals surface area (Å²) in [6.45, 7) is 8.22. The van der Waals surface area contributed by atoms with Gasteiger partial charge in [-0.2, -0.15) is 15.0 Å². The number of anilines is 2. The van der Waals surface area contributed by atoms with Crippen molar-refractivity contribution >= 4 is 11.9 Å². The smallest absolute Gasteiger partial charge is 0.229 e. The zero-order valence-corrected chi connectivity index (χ0v) is 16.8. The van der Waals surface area contributed by atoms with Gasteiger partial charge in [0.15, 0.2) is 0 Å². The number of benzene rings is 1. The summed E-state index contributed by atoms with van der Waals surface area (Å²) in [4.78, 5) is 15.5. The Balaban J connectivity index is 1.78. The second-order valence-corrected chi connectivity index (χ2v) is 7.43. The molecule has 1 N–H and O–H groups in total. The summed E-state index contributed by atoms with van der Waals surface area (Å²) in [7, 11) is 3.86. The molecule has 1 unspecified atom stereocenters. The molecule has 0 spiro atoms. The summed E-state index contributed by atoms with van der Waals surface area (Å²) in [6, 6.07) is 6.26. The summed E-state index contributed by atoms with van der Waals surface area (Å²) in [5, 5.41) is 3.34. The lowest BCUT2D eigenvalue weighted by atomic mass is 10.1. The van der Waals surface area contributed by atoms with Crippen molar-refractivity contribution in [2.24, 2.45) is 0 Å². The minimum atomic E-state index is 0.121. The average Bonchev–Trinajstić information content (AvgIpc) is 3.13. The third-order valence-corrected chi connectivity index (χ3v) is 4.40. The lowest BCUT2D eigenvalue weighted by molar-refractivity contribution is 0.140. The van der Waals surface area contributed by atoms with Crippen LogP contribution in [0, 0.1) is 6.92 Å². The summed E-state index contributed by atoms with van der Waals surface area (Å²) >= 11 is 0. The normalized spacial score (nSPS) is 16.6. The largest absolute Gasteiger partial charge is 0.488 e. The number of ether oxygens (including phenoxy) is 2. The maximum absolute atomic E-state index is 6.17. The molecule has 1 atom stereocenters. The van der Waals surface area contributed by atoms with Crippen LogP contribution < -0.4 is 15.0 Å². The predicted molar refractivity (Wildman–Crippen MR) is 107 cm³/mol. The van der Waals surface area contributed by atoms with E-state index in [1.165, 1.54) is 5.56 Å². The summed E-state index contributed by atoms with van der Waals surface area (Å²) in [6.07, 6.45) is 1.05. The lowest BCUT2D eigenvalue weighted by Crippen LogP contribution is -2.18. The molecule has 2 heterocycles. The third-order valence-electron chi connectivity index (χ3n) is 4.40. The molecule has 0 aliphatic carbocycles. The van der Waals surface area contributed by atoms with E-state index in [-0.39, 0.29) is 12.0 Å². The monoisotopic (exact) mass is 371 g/mol. The highest BCUT2D eigenvalue weighted by atomic mass is 16.5. The lowest BCUT2D eigenvalue weighted by Gasteiger charge is -2.18. The molecule has 0 amide bonds. The van der Waals surface area contributed by atoms with Gasteiger partial charge in [0.05, 0.1) is 13.2 Å². The molecular weight excluding hydrogens is 342 g/mol. The van der Waals surface area contributed by atoms with Gasteiger partial charge in [0.25, 0.3) is 0 Å². The zero-order valence-electron chi connectivity index (χ0n) is 16.8. The number of aromatic nitrogens is 3. The van der Waals surface area contributed by atoms with E-state index in [9.17, 15) is 0 Å². The van der Waals surface area contributed by atoms with Crippen LogP contribution in [0.4, 0.5) is 11.9 Å². The van der Waals surface area contributed by atoms with Crippen LogP contribution in [0.25, 0.3) is 0 Å². The fraction of sp³-hybridized carbons (Fsp3) is 0.550. The van der Waals surface area contributed by atoms with Crippen molar-refractivity contribution in [1.82, 2.24) is 15.0 Å². The Hall–Kier alpha value is -2.41. The number of rotatable bonds is 7. The summed E-state index contributed by atoms with van der Waals surface area (Å²) in [5.41, 5.74) is 2.25. The van der Waals surface area contributed by atoms with Crippen LogP contribution in [0.5, 0.6) is 5.75 Å². The molecule has 1 aromatic heterocycles. The predicted octanol–water partition coefficient (Wildman–Crippen LogP) is 3.15. The first kappa shape index (κ1) is 19.4. The van der Waals surface area contributed by atoms with E-state index in [4.69, 9.17) is 9.47 Å². The standard InChI is InChI=1S/C20H29N5O2/c1-13(2)18-22-19(24-20(23-18)25(4)5)21-11-15-7-6-14(3)10-17(15)27-16-8-9-26-12-16/h6-7,10,13,16H,8-9,11-12H2,1-5H3,(H,21,22,23,24). The minimum Gasteiger partial charge on any atom is -0.488 e. The number of aryl methyl sites for hydroxylation is 1.